The zero-order valence-electron chi connectivity index (χ0n) is 20.7. The van der Waals surface area contributed by atoms with Gasteiger partial charge < -0.3 is 20.0 Å². The first-order valence-corrected chi connectivity index (χ1v) is 13.1. The van der Waals surface area contributed by atoms with Crippen LogP contribution >= 0.6 is 15.9 Å². The molecule has 2 aromatic rings. The van der Waals surface area contributed by atoms with E-state index in [9.17, 15) is 15.0 Å². The second-order valence-corrected chi connectivity index (χ2v) is 10.5. The molecule has 1 aromatic carbocycles. The number of benzene rings is 1. The van der Waals surface area contributed by atoms with Crippen LogP contribution in [0.5, 0.6) is 11.5 Å². The fourth-order valence-electron chi connectivity index (χ4n) is 5.51. The number of fused-ring (bicyclic) bond motifs is 2. The van der Waals surface area contributed by atoms with Crippen LogP contribution in [0.1, 0.15) is 60.9 Å². The number of rotatable bonds is 1. The molecule has 1 atom stereocenters. The van der Waals surface area contributed by atoms with Gasteiger partial charge in [-0.25, -0.2) is 0 Å². The number of terminal acetylenes is 1. The van der Waals surface area contributed by atoms with E-state index < -0.39 is 0 Å². The minimum atomic E-state index is -0.0275. The van der Waals surface area contributed by atoms with Crippen molar-refractivity contribution in [3.63, 3.8) is 0 Å². The minimum Gasteiger partial charge on any atom is -0.508 e. The fraction of sp³-hybridized carbons (Fsp3) is 0.500. The van der Waals surface area contributed by atoms with Crippen LogP contribution in [-0.4, -0.2) is 64.1 Å². The molecule has 2 saturated heterocycles. The number of carbonyl (C=O) groups is 1. The van der Waals surface area contributed by atoms with Gasteiger partial charge in [-0.15, -0.1) is 12.8 Å². The van der Waals surface area contributed by atoms with Crippen LogP contribution in [0.15, 0.2) is 28.9 Å². The van der Waals surface area contributed by atoms with Crippen molar-refractivity contribution in [1.29, 1.82) is 0 Å². The second kappa shape index (κ2) is 12.4. The highest BCUT2D eigenvalue weighted by molar-refractivity contribution is 9.10. The molecule has 5 rings (SSSR count). The van der Waals surface area contributed by atoms with Crippen molar-refractivity contribution in [1.82, 2.24) is 14.8 Å². The number of halogens is 1. The van der Waals surface area contributed by atoms with E-state index in [0.29, 0.717) is 5.92 Å². The number of hydrogen-bond acceptors (Lipinski definition) is 5. The Morgan fingerprint density at radius 1 is 1.03 bits per heavy atom. The van der Waals surface area contributed by atoms with Gasteiger partial charge in [0.2, 0.25) is 5.91 Å². The summed E-state index contributed by atoms with van der Waals surface area (Å²) in [6.45, 7) is 5.72. The maximum absolute atomic E-state index is 11.7. The van der Waals surface area contributed by atoms with Crippen molar-refractivity contribution in [2.24, 2.45) is 5.92 Å². The summed E-state index contributed by atoms with van der Waals surface area (Å²) in [5, 5.41) is 20.7. The highest BCUT2D eigenvalue weighted by atomic mass is 79.9. The lowest BCUT2D eigenvalue weighted by Gasteiger charge is -2.36. The molecule has 1 aromatic heterocycles. The lowest BCUT2D eigenvalue weighted by molar-refractivity contribution is -0.130. The normalized spacial score (nSPS) is 19.8. The zero-order valence-corrected chi connectivity index (χ0v) is 22.3. The van der Waals surface area contributed by atoms with Gasteiger partial charge in [0, 0.05) is 48.2 Å². The third-order valence-corrected chi connectivity index (χ3v) is 7.69. The van der Waals surface area contributed by atoms with Gasteiger partial charge >= 0.3 is 0 Å². The molecule has 35 heavy (non-hydrogen) atoms. The average Bonchev–Trinajstić information content (AvgIpc) is 3.26. The number of aromatic hydroxyl groups is 2. The molecule has 1 unspecified atom stereocenters. The number of aromatic nitrogens is 1. The van der Waals surface area contributed by atoms with Gasteiger partial charge in [-0.05, 0) is 104 Å². The first-order valence-electron chi connectivity index (χ1n) is 12.3. The monoisotopic (exact) mass is 541 g/mol. The molecule has 0 saturated carbocycles. The molecule has 2 aliphatic heterocycles. The molecule has 0 radical (unpaired) electrons. The second-order valence-electron chi connectivity index (χ2n) is 9.57. The van der Waals surface area contributed by atoms with Gasteiger partial charge in [-0.1, -0.05) is 0 Å². The number of phenols is 2. The van der Waals surface area contributed by atoms with Gasteiger partial charge in [0.05, 0.1) is 5.69 Å². The first kappa shape index (κ1) is 27.0. The Kier molecular flexibility index (Phi) is 9.59. The molecule has 3 heterocycles. The Morgan fingerprint density at radius 3 is 2.23 bits per heavy atom. The van der Waals surface area contributed by atoms with Crippen LogP contribution in [0.3, 0.4) is 0 Å². The fourth-order valence-corrected chi connectivity index (χ4v) is 5.88. The Labute approximate surface area is 217 Å². The van der Waals surface area contributed by atoms with Gasteiger partial charge in [0.15, 0.2) is 0 Å². The van der Waals surface area contributed by atoms with E-state index in [-0.39, 0.29) is 23.3 Å². The van der Waals surface area contributed by atoms with Gasteiger partial charge in [-0.3, -0.25) is 9.78 Å². The van der Waals surface area contributed by atoms with E-state index in [2.05, 4.69) is 46.8 Å². The standard InChI is InChI=1S/C21H23BrN2O3.C5H11N.C2H2/c1-12(25)24-6-4-13(5-7-24)20-19-14(9-17(26)10-18(19)27)2-3-15-8-16(22)11-23-21(15)20;1-6-4-2-3-5-6;1-2/h8-11,13,20,26-27H,2-7H2,1H3;2-5H2,1H3;1-2H. The molecule has 0 bridgehead atoms. The number of likely N-dealkylation sites (tertiary alicyclic amines) is 2. The molecule has 7 heteroatoms. The van der Waals surface area contributed by atoms with E-state index in [1.54, 1.807) is 13.0 Å². The Morgan fingerprint density at radius 2 is 1.66 bits per heavy atom. The maximum Gasteiger partial charge on any atom is 0.219 e. The van der Waals surface area contributed by atoms with Crippen LogP contribution in [0.2, 0.25) is 0 Å². The number of pyridine rings is 1. The van der Waals surface area contributed by atoms with E-state index in [4.69, 9.17) is 4.98 Å². The number of hydrogen-bond donors (Lipinski definition) is 2. The molecule has 2 N–H and O–H groups in total. The van der Waals surface area contributed by atoms with Crippen LogP contribution in [0, 0.1) is 18.8 Å². The number of nitrogens with zero attached hydrogens (tertiary/aromatic N) is 3. The molecule has 0 spiro atoms. The van der Waals surface area contributed by atoms with Crippen molar-refractivity contribution < 1.29 is 15.0 Å². The Hall–Kier alpha value is -2.56. The summed E-state index contributed by atoms with van der Waals surface area (Å²) in [6.07, 6.45) is 16.0. The highest BCUT2D eigenvalue weighted by Crippen LogP contribution is 2.46. The van der Waals surface area contributed by atoms with Crippen molar-refractivity contribution in [2.75, 3.05) is 33.2 Å². The third kappa shape index (κ3) is 6.56. The predicted molar refractivity (Wildman–Crippen MR) is 143 cm³/mol. The Balaban J connectivity index is 0.000000369. The summed E-state index contributed by atoms with van der Waals surface area (Å²) in [5.41, 5.74) is 4.07. The minimum absolute atomic E-state index is 0.0275. The lowest BCUT2D eigenvalue weighted by Crippen LogP contribution is -2.38. The topological polar surface area (TPSA) is 76.9 Å². The summed E-state index contributed by atoms with van der Waals surface area (Å²) in [6, 6.07) is 5.32. The zero-order chi connectivity index (χ0) is 25.5. The van der Waals surface area contributed by atoms with E-state index in [1.165, 1.54) is 37.6 Å². The quantitative estimate of drug-likeness (QED) is 0.511. The first-order chi connectivity index (χ1) is 16.8. The van der Waals surface area contributed by atoms with Crippen molar-refractivity contribution in [2.45, 2.75) is 51.4 Å². The SMILES string of the molecule is C#C.CC(=O)N1CCC(C2c3ncc(Br)cc3CCc3cc(O)cc(O)c32)CC1.CN1CCCC1. The van der Waals surface area contributed by atoms with E-state index >= 15 is 0 Å². The molecular weight excluding hydrogens is 506 g/mol. The summed E-state index contributed by atoms with van der Waals surface area (Å²) >= 11 is 3.52. The smallest absolute Gasteiger partial charge is 0.219 e. The number of phenolic OH excluding ortho intramolecular Hbond substituents is 2. The van der Waals surface area contributed by atoms with Crippen LogP contribution in [0.4, 0.5) is 0 Å². The number of aryl methyl sites for hydroxylation is 2. The third-order valence-electron chi connectivity index (χ3n) is 7.25. The number of piperidine rings is 1. The molecular formula is C28H36BrN3O3. The van der Waals surface area contributed by atoms with Crippen LogP contribution < -0.4 is 0 Å². The highest BCUT2D eigenvalue weighted by Gasteiger charge is 2.36. The molecule has 1 aliphatic carbocycles. The van der Waals surface area contributed by atoms with Crippen LogP contribution in [0.25, 0.3) is 0 Å². The predicted octanol–water partition coefficient (Wildman–Crippen LogP) is 4.71. The van der Waals surface area contributed by atoms with Gasteiger partial charge in [0.25, 0.3) is 0 Å². The largest absolute Gasteiger partial charge is 0.508 e. The molecule has 3 aliphatic rings. The summed E-state index contributed by atoms with van der Waals surface area (Å²) in [4.78, 5) is 20.7. The van der Waals surface area contributed by atoms with Crippen LogP contribution in [-0.2, 0) is 17.6 Å². The number of amides is 1. The molecule has 6 nitrogen and oxygen atoms in total. The average molecular weight is 543 g/mol. The van der Waals surface area contributed by atoms with Gasteiger partial charge in [-0.2, -0.15) is 0 Å². The summed E-state index contributed by atoms with van der Waals surface area (Å²) in [5.74, 6) is 0.614. The molecule has 1 amide bonds. The lowest BCUT2D eigenvalue weighted by atomic mass is 9.76. The van der Waals surface area contributed by atoms with Crippen molar-refractivity contribution in [3.8, 4) is 24.3 Å². The molecule has 188 valence electrons. The van der Waals surface area contributed by atoms with Crippen molar-refractivity contribution >= 4 is 21.8 Å². The van der Waals surface area contributed by atoms with E-state index in [1.807, 2.05) is 11.1 Å². The number of carbonyl (C=O) groups excluding carboxylic acids is 1. The summed E-state index contributed by atoms with van der Waals surface area (Å²) in [7, 11) is 2.17. The Bertz CT molecular complexity index is 1040. The van der Waals surface area contributed by atoms with Gasteiger partial charge in [0.1, 0.15) is 11.5 Å². The summed E-state index contributed by atoms with van der Waals surface area (Å²) < 4.78 is 0.949. The van der Waals surface area contributed by atoms with Crippen molar-refractivity contribution in [3.05, 3.63) is 51.3 Å². The maximum atomic E-state index is 11.7. The molecule has 2 fully saturated rings. The van der Waals surface area contributed by atoms with E-state index in [0.717, 1.165) is 60.1 Å².